The first-order chi connectivity index (χ1) is 12.5. The maximum Gasteiger partial charge on any atom is 0.269 e. The van der Waals surface area contributed by atoms with Gasteiger partial charge in [0.05, 0.1) is 16.3 Å². The average Bonchev–Trinajstić information content (AvgIpc) is 3.07. The lowest BCUT2D eigenvalue weighted by Gasteiger charge is -2.18. The summed E-state index contributed by atoms with van der Waals surface area (Å²) < 4.78 is 0. The number of aryl methyl sites for hydroxylation is 1. The van der Waals surface area contributed by atoms with Crippen molar-refractivity contribution in [1.82, 2.24) is 4.98 Å². The summed E-state index contributed by atoms with van der Waals surface area (Å²) in [7, 11) is 0. The van der Waals surface area contributed by atoms with Crippen LogP contribution in [0.4, 0.5) is 16.5 Å². The van der Waals surface area contributed by atoms with Gasteiger partial charge in [-0.25, -0.2) is 4.98 Å². The van der Waals surface area contributed by atoms with Gasteiger partial charge in [0.15, 0.2) is 5.13 Å². The van der Waals surface area contributed by atoms with Crippen molar-refractivity contribution in [3.05, 3.63) is 87.4 Å². The van der Waals surface area contributed by atoms with E-state index in [9.17, 15) is 14.9 Å². The first-order valence-corrected chi connectivity index (χ1v) is 8.66. The van der Waals surface area contributed by atoms with Crippen molar-refractivity contribution in [3.8, 4) is 0 Å². The molecular weight excluding hydrogens is 350 g/mol. The van der Waals surface area contributed by atoms with Crippen LogP contribution in [0.1, 0.15) is 11.3 Å². The number of benzene rings is 2. The van der Waals surface area contributed by atoms with E-state index < -0.39 is 4.92 Å². The molecule has 130 valence electrons. The Morgan fingerprint density at radius 1 is 1.15 bits per heavy atom. The highest BCUT2D eigenvalue weighted by molar-refractivity contribution is 7.14. The number of non-ortho nitro benzene ring substituents is 1. The van der Waals surface area contributed by atoms with Crippen LogP contribution >= 0.6 is 11.3 Å². The summed E-state index contributed by atoms with van der Waals surface area (Å²) in [5.41, 5.74) is 2.28. The number of nitrogens with zero attached hydrogens (tertiary/aromatic N) is 3. The first-order valence-electron chi connectivity index (χ1n) is 7.78. The summed E-state index contributed by atoms with van der Waals surface area (Å²) in [6, 6.07) is 15.3. The van der Waals surface area contributed by atoms with Crippen molar-refractivity contribution >= 4 is 39.8 Å². The maximum absolute atomic E-state index is 12.8. The summed E-state index contributed by atoms with van der Waals surface area (Å²) in [6.45, 7) is 1.88. The monoisotopic (exact) mass is 365 g/mol. The van der Waals surface area contributed by atoms with Gasteiger partial charge >= 0.3 is 0 Å². The third-order valence-electron chi connectivity index (χ3n) is 3.56. The largest absolute Gasteiger partial charge is 0.269 e. The highest BCUT2D eigenvalue weighted by Crippen LogP contribution is 2.29. The zero-order valence-electron chi connectivity index (χ0n) is 13.9. The zero-order chi connectivity index (χ0) is 18.5. The van der Waals surface area contributed by atoms with E-state index >= 15 is 0 Å². The van der Waals surface area contributed by atoms with E-state index in [0.29, 0.717) is 10.7 Å². The van der Waals surface area contributed by atoms with Crippen LogP contribution in [0.3, 0.4) is 0 Å². The Morgan fingerprint density at radius 2 is 1.85 bits per heavy atom. The third kappa shape index (κ3) is 4.01. The Hall–Kier alpha value is -3.32. The third-order valence-corrected chi connectivity index (χ3v) is 4.50. The Bertz CT molecular complexity index is 950. The summed E-state index contributed by atoms with van der Waals surface area (Å²) in [4.78, 5) is 29.0. The lowest BCUT2D eigenvalue weighted by molar-refractivity contribution is -0.384. The number of nitro groups is 1. The molecule has 2 aromatic carbocycles. The number of amides is 1. The minimum atomic E-state index is -0.458. The minimum Gasteiger partial charge on any atom is -0.269 e. The number of nitro benzene ring substituents is 1. The number of rotatable bonds is 5. The molecule has 3 rings (SSSR count). The fourth-order valence-corrected chi connectivity index (χ4v) is 3.13. The molecule has 0 radical (unpaired) electrons. The number of anilines is 2. The van der Waals surface area contributed by atoms with E-state index in [-0.39, 0.29) is 11.6 Å². The van der Waals surface area contributed by atoms with Gasteiger partial charge in [-0.15, -0.1) is 11.3 Å². The lowest BCUT2D eigenvalue weighted by atomic mass is 10.2. The Kier molecular flexibility index (Phi) is 5.19. The number of para-hydroxylation sites is 1. The predicted molar refractivity (Wildman–Crippen MR) is 103 cm³/mol. The van der Waals surface area contributed by atoms with Gasteiger partial charge < -0.3 is 0 Å². The summed E-state index contributed by atoms with van der Waals surface area (Å²) >= 11 is 1.39. The van der Waals surface area contributed by atoms with Crippen LogP contribution in [-0.2, 0) is 4.79 Å². The molecule has 3 aromatic rings. The molecule has 0 unspecified atom stereocenters. The van der Waals surface area contributed by atoms with Gasteiger partial charge in [0.1, 0.15) is 0 Å². The molecule has 6 nitrogen and oxygen atoms in total. The molecule has 0 bridgehead atoms. The van der Waals surface area contributed by atoms with Gasteiger partial charge in [0.25, 0.3) is 11.6 Å². The Balaban J connectivity index is 1.87. The molecule has 0 N–H and O–H groups in total. The van der Waals surface area contributed by atoms with Crippen molar-refractivity contribution in [2.45, 2.75) is 6.92 Å². The molecule has 7 heteroatoms. The molecule has 0 aliphatic carbocycles. The van der Waals surface area contributed by atoms with Gasteiger partial charge in [-0.05, 0) is 42.8 Å². The molecule has 0 atom stereocenters. The van der Waals surface area contributed by atoms with Crippen LogP contribution in [0.25, 0.3) is 6.08 Å². The molecule has 0 saturated heterocycles. The number of carbonyl (C=O) groups is 1. The van der Waals surface area contributed by atoms with E-state index in [0.717, 1.165) is 11.4 Å². The predicted octanol–water partition coefficient (Wildman–Crippen LogP) is 4.74. The van der Waals surface area contributed by atoms with Crippen LogP contribution in [0.2, 0.25) is 0 Å². The number of hydrogen-bond donors (Lipinski definition) is 0. The molecular formula is C19H15N3O3S. The van der Waals surface area contributed by atoms with Crippen LogP contribution in [-0.4, -0.2) is 15.8 Å². The average molecular weight is 365 g/mol. The number of carbonyl (C=O) groups excluding carboxylic acids is 1. The van der Waals surface area contributed by atoms with Crippen molar-refractivity contribution in [3.63, 3.8) is 0 Å². The molecule has 0 aliphatic heterocycles. The second-order valence-electron chi connectivity index (χ2n) is 5.46. The van der Waals surface area contributed by atoms with Gasteiger partial charge in [-0.2, -0.15) is 0 Å². The van der Waals surface area contributed by atoms with E-state index in [1.807, 2.05) is 42.6 Å². The molecule has 1 aromatic heterocycles. The fourth-order valence-electron chi connectivity index (χ4n) is 2.30. The van der Waals surface area contributed by atoms with Crippen LogP contribution in [0, 0.1) is 17.0 Å². The highest BCUT2D eigenvalue weighted by Gasteiger charge is 2.18. The highest BCUT2D eigenvalue weighted by atomic mass is 32.1. The van der Waals surface area contributed by atoms with Gasteiger partial charge in [-0.1, -0.05) is 18.2 Å². The van der Waals surface area contributed by atoms with E-state index in [1.165, 1.54) is 29.5 Å². The number of hydrogen-bond acceptors (Lipinski definition) is 5. The zero-order valence-corrected chi connectivity index (χ0v) is 14.7. The second-order valence-corrected chi connectivity index (χ2v) is 6.30. The van der Waals surface area contributed by atoms with E-state index in [4.69, 9.17) is 0 Å². The summed E-state index contributed by atoms with van der Waals surface area (Å²) in [6.07, 6.45) is 3.06. The molecule has 1 heterocycles. The Morgan fingerprint density at radius 3 is 2.42 bits per heavy atom. The molecule has 0 aliphatic rings. The number of thiazole rings is 1. The lowest BCUT2D eigenvalue weighted by Crippen LogP contribution is -2.23. The van der Waals surface area contributed by atoms with Crippen LogP contribution in [0.5, 0.6) is 0 Å². The van der Waals surface area contributed by atoms with Gasteiger partial charge in [0, 0.05) is 23.6 Å². The van der Waals surface area contributed by atoms with Gasteiger partial charge in [-0.3, -0.25) is 19.8 Å². The molecule has 0 fully saturated rings. The summed E-state index contributed by atoms with van der Waals surface area (Å²) in [5.74, 6) is -0.246. The SMILES string of the molecule is Cc1csc(N(C(=O)/C=C/c2ccc([N+](=O)[O-])cc2)c2ccccc2)n1. The normalized spacial score (nSPS) is 10.8. The van der Waals surface area contributed by atoms with Crippen molar-refractivity contribution in [1.29, 1.82) is 0 Å². The summed E-state index contributed by atoms with van der Waals surface area (Å²) in [5, 5.41) is 13.2. The fraction of sp³-hybridized carbons (Fsp3) is 0.0526. The van der Waals surface area contributed by atoms with Crippen molar-refractivity contribution < 1.29 is 9.72 Å². The van der Waals surface area contributed by atoms with Gasteiger partial charge in [0.2, 0.25) is 0 Å². The smallest absolute Gasteiger partial charge is 0.269 e. The van der Waals surface area contributed by atoms with Crippen molar-refractivity contribution in [2.75, 3.05) is 4.90 Å². The first kappa shape index (κ1) is 17.5. The minimum absolute atomic E-state index is 0.0117. The molecule has 26 heavy (non-hydrogen) atoms. The quantitative estimate of drug-likeness (QED) is 0.372. The maximum atomic E-state index is 12.8. The molecule has 0 spiro atoms. The van der Waals surface area contributed by atoms with Crippen LogP contribution < -0.4 is 4.90 Å². The Labute approximate surface area is 154 Å². The van der Waals surface area contributed by atoms with E-state index in [1.54, 1.807) is 23.1 Å². The van der Waals surface area contributed by atoms with E-state index in [2.05, 4.69) is 4.98 Å². The molecule has 0 saturated carbocycles. The molecule has 1 amide bonds. The number of aromatic nitrogens is 1. The van der Waals surface area contributed by atoms with Crippen LogP contribution in [0.15, 0.2) is 66.1 Å². The second kappa shape index (κ2) is 7.71. The van der Waals surface area contributed by atoms with Crippen molar-refractivity contribution in [2.24, 2.45) is 0 Å². The topological polar surface area (TPSA) is 76.3 Å². The standard InChI is InChI=1S/C19H15N3O3S/c1-14-13-26-19(20-14)21(16-5-3-2-4-6-16)18(23)12-9-15-7-10-17(11-8-15)22(24)25/h2-13H,1H3/b12-9+.